The van der Waals surface area contributed by atoms with Gasteiger partial charge >= 0.3 is 0 Å². The van der Waals surface area contributed by atoms with Crippen molar-refractivity contribution in [3.63, 3.8) is 0 Å². The number of ether oxygens (including phenoxy) is 1. The Morgan fingerprint density at radius 3 is 2.48 bits per heavy atom. The van der Waals surface area contributed by atoms with Crippen LogP contribution in [0.3, 0.4) is 0 Å². The molecular weight excluding hydrogens is 336 g/mol. The molecule has 5 nitrogen and oxygen atoms in total. The van der Waals surface area contributed by atoms with Crippen molar-refractivity contribution in [2.24, 2.45) is 10.9 Å². The third-order valence-corrected chi connectivity index (χ3v) is 5.63. The molecule has 2 fully saturated rings. The third-order valence-electron chi connectivity index (χ3n) is 5.63. The van der Waals surface area contributed by atoms with E-state index >= 15 is 0 Å². The van der Waals surface area contributed by atoms with Crippen LogP contribution < -0.4 is 10.1 Å². The fraction of sp³-hybridized carbons (Fsp3) is 0.682. The standard InChI is InChI=1S/C22H36N4O/c1-19(18-25-13-7-4-8-14-25)17-24-22(23-2)26-15-11-21(12-16-26)27-20-9-5-3-6-10-20/h3,5-6,9-10,19,21H,4,7-8,11-18H2,1-2H3,(H,23,24). The van der Waals surface area contributed by atoms with Crippen LogP contribution in [0.4, 0.5) is 0 Å². The lowest BCUT2D eigenvalue weighted by Gasteiger charge is -2.35. The van der Waals surface area contributed by atoms with Crippen LogP contribution >= 0.6 is 0 Å². The number of para-hydroxylation sites is 1. The average molecular weight is 373 g/mol. The van der Waals surface area contributed by atoms with Gasteiger partial charge in [0, 0.05) is 46.1 Å². The van der Waals surface area contributed by atoms with Crippen molar-refractivity contribution in [3.05, 3.63) is 30.3 Å². The van der Waals surface area contributed by atoms with Gasteiger partial charge in [-0.1, -0.05) is 31.5 Å². The molecule has 0 bridgehead atoms. The molecule has 27 heavy (non-hydrogen) atoms. The smallest absolute Gasteiger partial charge is 0.193 e. The van der Waals surface area contributed by atoms with Gasteiger partial charge in [0.05, 0.1) is 0 Å². The maximum Gasteiger partial charge on any atom is 0.193 e. The fourth-order valence-corrected chi connectivity index (χ4v) is 4.12. The van der Waals surface area contributed by atoms with Crippen molar-refractivity contribution in [2.75, 3.05) is 46.3 Å². The lowest BCUT2D eigenvalue weighted by molar-refractivity contribution is 0.129. The molecule has 1 N–H and O–H groups in total. The molecule has 1 unspecified atom stereocenters. The van der Waals surface area contributed by atoms with Crippen LogP contribution in [0.15, 0.2) is 35.3 Å². The monoisotopic (exact) mass is 372 g/mol. The minimum absolute atomic E-state index is 0.305. The molecule has 0 saturated carbocycles. The summed E-state index contributed by atoms with van der Waals surface area (Å²) in [6.07, 6.45) is 6.51. The van der Waals surface area contributed by atoms with Gasteiger partial charge in [0.25, 0.3) is 0 Å². The topological polar surface area (TPSA) is 40.1 Å². The largest absolute Gasteiger partial charge is 0.490 e. The highest BCUT2D eigenvalue weighted by Crippen LogP contribution is 2.18. The zero-order chi connectivity index (χ0) is 18.9. The molecule has 2 aliphatic rings. The number of hydrogen-bond acceptors (Lipinski definition) is 3. The van der Waals surface area contributed by atoms with E-state index in [9.17, 15) is 0 Å². The van der Waals surface area contributed by atoms with E-state index in [1.165, 1.54) is 38.9 Å². The maximum atomic E-state index is 6.11. The van der Waals surface area contributed by atoms with Crippen molar-refractivity contribution in [3.8, 4) is 5.75 Å². The molecule has 2 saturated heterocycles. The number of benzene rings is 1. The number of nitrogens with one attached hydrogen (secondary N) is 1. The Balaban J connectivity index is 1.38. The van der Waals surface area contributed by atoms with Crippen LogP contribution in [-0.2, 0) is 0 Å². The van der Waals surface area contributed by atoms with E-state index in [4.69, 9.17) is 4.74 Å². The summed E-state index contributed by atoms with van der Waals surface area (Å²) in [5, 5.41) is 3.60. The van der Waals surface area contributed by atoms with E-state index in [2.05, 4.69) is 27.0 Å². The Morgan fingerprint density at radius 2 is 1.81 bits per heavy atom. The second-order valence-corrected chi connectivity index (χ2v) is 8.01. The van der Waals surface area contributed by atoms with Crippen LogP contribution in [0.1, 0.15) is 39.0 Å². The zero-order valence-corrected chi connectivity index (χ0v) is 17.1. The predicted molar refractivity (Wildman–Crippen MR) is 112 cm³/mol. The van der Waals surface area contributed by atoms with Gasteiger partial charge in [0.1, 0.15) is 11.9 Å². The molecule has 1 aromatic carbocycles. The molecular formula is C22H36N4O. The molecule has 0 amide bonds. The van der Waals surface area contributed by atoms with E-state index in [0.717, 1.165) is 44.2 Å². The average Bonchev–Trinajstić information content (AvgIpc) is 2.71. The normalized spacial score (nSPS) is 21.1. The molecule has 1 aromatic rings. The summed E-state index contributed by atoms with van der Waals surface area (Å²) >= 11 is 0. The highest BCUT2D eigenvalue weighted by atomic mass is 16.5. The molecule has 0 aliphatic carbocycles. The van der Waals surface area contributed by atoms with E-state index in [1.54, 1.807) is 0 Å². The Labute approximate surface area is 164 Å². The van der Waals surface area contributed by atoms with Gasteiger partial charge in [0.2, 0.25) is 0 Å². The molecule has 2 heterocycles. The summed E-state index contributed by atoms with van der Waals surface area (Å²) in [6, 6.07) is 10.2. The SMILES string of the molecule is CN=C(NCC(C)CN1CCCCC1)N1CCC(Oc2ccccc2)CC1. The summed E-state index contributed by atoms with van der Waals surface area (Å²) in [6.45, 7) is 9.06. The van der Waals surface area contributed by atoms with Gasteiger partial charge in [-0.25, -0.2) is 0 Å². The number of hydrogen-bond donors (Lipinski definition) is 1. The lowest BCUT2D eigenvalue weighted by Crippen LogP contribution is -2.49. The Kier molecular flexibility index (Phi) is 7.81. The molecule has 0 spiro atoms. The van der Waals surface area contributed by atoms with E-state index in [-0.39, 0.29) is 0 Å². The van der Waals surface area contributed by atoms with Gasteiger partial charge < -0.3 is 19.9 Å². The molecule has 0 radical (unpaired) electrons. The highest BCUT2D eigenvalue weighted by molar-refractivity contribution is 5.79. The first-order chi connectivity index (χ1) is 13.2. The van der Waals surface area contributed by atoms with E-state index < -0.39 is 0 Å². The number of likely N-dealkylation sites (tertiary alicyclic amines) is 2. The van der Waals surface area contributed by atoms with Crippen molar-refractivity contribution in [1.29, 1.82) is 0 Å². The Bertz CT molecular complexity index is 563. The lowest BCUT2D eigenvalue weighted by atomic mass is 10.1. The number of guanidine groups is 1. The van der Waals surface area contributed by atoms with Crippen molar-refractivity contribution < 1.29 is 4.74 Å². The summed E-state index contributed by atoms with van der Waals surface area (Å²) in [4.78, 5) is 9.51. The van der Waals surface area contributed by atoms with Gasteiger partial charge in [-0.15, -0.1) is 0 Å². The fourth-order valence-electron chi connectivity index (χ4n) is 4.12. The molecule has 2 aliphatic heterocycles. The molecule has 3 rings (SSSR count). The molecule has 0 aromatic heterocycles. The van der Waals surface area contributed by atoms with Crippen molar-refractivity contribution in [1.82, 2.24) is 15.1 Å². The highest BCUT2D eigenvalue weighted by Gasteiger charge is 2.23. The van der Waals surface area contributed by atoms with Gasteiger partial charge in [0.15, 0.2) is 5.96 Å². The second kappa shape index (κ2) is 10.5. The second-order valence-electron chi connectivity index (χ2n) is 8.01. The first kappa shape index (κ1) is 20.0. The summed E-state index contributed by atoms with van der Waals surface area (Å²) < 4.78 is 6.11. The molecule has 5 heteroatoms. The predicted octanol–water partition coefficient (Wildman–Crippen LogP) is 3.23. The van der Waals surface area contributed by atoms with Crippen molar-refractivity contribution >= 4 is 5.96 Å². The first-order valence-electron chi connectivity index (χ1n) is 10.6. The minimum Gasteiger partial charge on any atom is -0.490 e. The minimum atomic E-state index is 0.305. The first-order valence-corrected chi connectivity index (χ1v) is 10.6. The number of rotatable bonds is 6. The summed E-state index contributed by atoms with van der Waals surface area (Å²) in [5.41, 5.74) is 0. The molecule has 150 valence electrons. The van der Waals surface area contributed by atoms with Gasteiger partial charge in [-0.05, 0) is 44.0 Å². The Hall–Kier alpha value is -1.75. The Morgan fingerprint density at radius 1 is 1.11 bits per heavy atom. The van der Waals surface area contributed by atoms with E-state index in [0.29, 0.717) is 12.0 Å². The number of piperidine rings is 2. The molecule has 1 atom stereocenters. The van der Waals surface area contributed by atoms with Gasteiger partial charge in [-0.3, -0.25) is 4.99 Å². The van der Waals surface area contributed by atoms with Crippen LogP contribution in [0.25, 0.3) is 0 Å². The zero-order valence-electron chi connectivity index (χ0n) is 17.1. The van der Waals surface area contributed by atoms with Gasteiger partial charge in [-0.2, -0.15) is 0 Å². The van der Waals surface area contributed by atoms with Crippen LogP contribution in [0.2, 0.25) is 0 Å². The number of aliphatic imine (C=N–C) groups is 1. The van der Waals surface area contributed by atoms with Crippen LogP contribution in [0, 0.1) is 5.92 Å². The van der Waals surface area contributed by atoms with Crippen molar-refractivity contribution in [2.45, 2.75) is 45.1 Å². The summed E-state index contributed by atoms with van der Waals surface area (Å²) in [5.74, 6) is 2.66. The van der Waals surface area contributed by atoms with E-state index in [1.807, 2.05) is 37.4 Å². The van der Waals surface area contributed by atoms with Crippen LogP contribution in [-0.4, -0.2) is 68.2 Å². The quantitative estimate of drug-likeness (QED) is 0.615. The van der Waals surface area contributed by atoms with Crippen LogP contribution in [0.5, 0.6) is 5.75 Å². The summed E-state index contributed by atoms with van der Waals surface area (Å²) in [7, 11) is 1.89. The maximum absolute atomic E-state index is 6.11. The number of nitrogens with zero attached hydrogens (tertiary/aromatic N) is 3. The third kappa shape index (κ3) is 6.42.